The monoisotopic (exact) mass is 473 g/mol. The number of rotatable bonds is 6. The van der Waals surface area contributed by atoms with Gasteiger partial charge in [0, 0.05) is 0 Å². The normalized spacial score (nSPS) is 28.4. The maximum atomic E-state index is 11.3. The number of fused-ring (bicyclic) bond motifs is 1. The number of imidazole rings is 1. The first-order chi connectivity index (χ1) is 12.5. The third kappa shape index (κ3) is 4.30. The Kier molecular flexibility index (Phi) is 5.30. The van der Waals surface area contributed by atoms with Crippen molar-refractivity contribution in [2.24, 2.45) is 0 Å². The quantitative estimate of drug-likeness (QED) is 0.270. The minimum atomic E-state index is -6.31. The minimum absolute atomic E-state index is 0.0668. The van der Waals surface area contributed by atoms with E-state index in [0.717, 1.165) is 6.33 Å². The van der Waals surface area contributed by atoms with E-state index in [9.17, 15) is 31.5 Å². The summed E-state index contributed by atoms with van der Waals surface area (Å²) in [4.78, 5) is 23.0. The van der Waals surface area contributed by atoms with Gasteiger partial charge in [0.05, 0.1) is 0 Å². The van der Waals surface area contributed by atoms with Gasteiger partial charge in [-0.25, -0.2) is 0 Å². The molecule has 0 radical (unpaired) electrons. The van der Waals surface area contributed by atoms with E-state index in [0.29, 0.717) is 0 Å². The van der Waals surface area contributed by atoms with Crippen molar-refractivity contribution in [2.75, 3.05) is 12.3 Å². The summed E-state index contributed by atoms with van der Waals surface area (Å²) in [5.74, 6) is 0.0668. The number of nitrogens with zero attached hydrogens (tertiary/aromatic N) is 4. The average molecular weight is 472 g/mol. The SMILES string of the molecule is Nc1ncnc2c1ncn2[C@@H]1O[C@H](COP(=O)([O-])O[Se](=O)(=O)[O-])[C@@H](O)[C@H]1O. The van der Waals surface area contributed by atoms with Crippen LogP contribution in [-0.2, 0) is 25.1 Å². The number of hydrogen-bond acceptors (Lipinski definition) is 14. The molecule has 4 N–H and O–H groups in total. The first-order valence-electron chi connectivity index (χ1n) is 7.06. The number of nitrogens with two attached hydrogens (primary N) is 1. The van der Waals surface area contributed by atoms with Gasteiger partial charge in [-0.2, -0.15) is 0 Å². The van der Waals surface area contributed by atoms with Gasteiger partial charge in [0.1, 0.15) is 0 Å². The van der Waals surface area contributed by atoms with Crippen molar-refractivity contribution in [1.82, 2.24) is 19.5 Å². The molecule has 3 heterocycles. The molecule has 5 atom stereocenters. The second-order valence-electron chi connectivity index (χ2n) is 5.36. The van der Waals surface area contributed by atoms with Crippen molar-refractivity contribution in [3.8, 4) is 0 Å². The second kappa shape index (κ2) is 7.10. The molecule has 1 fully saturated rings. The number of aliphatic hydroxyl groups is 2. The van der Waals surface area contributed by atoms with E-state index in [1.807, 2.05) is 0 Å². The van der Waals surface area contributed by atoms with Crippen LogP contribution in [0, 0.1) is 0 Å². The van der Waals surface area contributed by atoms with Crippen molar-refractivity contribution < 1.29 is 44.4 Å². The zero-order chi connectivity index (χ0) is 20.0. The summed E-state index contributed by atoms with van der Waals surface area (Å²) in [6, 6.07) is 0. The molecule has 1 saturated heterocycles. The van der Waals surface area contributed by atoms with Crippen molar-refractivity contribution in [2.45, 2.75) is 24.5 Å². The summed E-state index contributed by atoms with van der Waals surface area (Å²) in [6.45, 7) is -0.924. The molecule has 0 aromatic carbocycles. The molecule has 15 nitrogen and oxygen atoms in total. The Morgan fingerprint density at radius 1 is 1.33 bits per heavy atom. The molecule has 0 saturated carbocycles. The van der Waals surface area contributed by atoms with Crippen molar-refractivity contribution >= 4 is 38.2 Å². The molecule has 1 aliphatic heterocycles. The van der Waals surface area contributed by atoms with Gasteiger partial charge in [-0.15, -0.1) is 0 Å². The summed E-state index contributed by atoms with van der Waals surface area (Å²) in [5.41, 5.74) is 6.04. The summed E-state index contributed by atoms with van der Waals surface area (Å²) < 4.78 is 56.7. The van der Waals surface area contributed by atoms with E-state index >= 15 is 0 Å². The molecule has 0 aliphatic carbocycles. The maximum absolute atomic E-state index is 11.3. The number of anilines is 1. The number of phosphoric acid groups is 1. The van der Waals surface area contributed by atoms with Crippen LogP contribution in [0.1, 0.15) is 6.23 Å². The summed E-state index contributed by atoms with van der Waals surface area (Å²) in [6.07, 6.45) is -3.46. The third-order valence-corrected chi connectivity index (χ3v) is 6.71. The molecule has 0 bridgehead atoms. The van der Waals surface area contributed by atoms with E-state index in [4.69, 9.17) is 10.5 Å². The van der Waals surface area contributed by atoms with Crippen LogP contribution in [0.5, 0.6) is 0 Å². The Morgan fingerprint density at radius 2 is 2.04 bits per heavy atom. The van der Waals surface area contributed by atoms with Crippen molar-refractivity contribution in [3.05, 3.63) is 12.7 Å². The molecule has 27 heavy (non-hydrogen) atoms. The van der Waals surface area contributed by atoms with Gasteiger partial charge in [-0.05, 0) is 0 Å². The number of phosphoric ester groups is 1. The van der Waals surface area contributed by atoms with Crippen LogP contribution in [0.4, 0.5) is 5.82 Å². The first-order valence-corrected chi connectivity index (χ1v) is 11.3. The molecular formula is C10H12N5O10PSe-2. The molecule has 150 valence electrons. The van der Waals surface area contributed by atoms with E-state index in [1.165, 1.54) is 10.9 Å². The molecule has 17 heteroatoms. The van der Waals surface area contributed by atoms with E-state index in [1.54, 1.807) is 0 Å². The number of nitrogen functional groups attached to an aromatic ring is 1. The Hall–Kier alpha value is -1.58. The Morgan fingerprint density at radius 3 is 2.70 bits per heavy atom. The molecule has 2 aromatic rings. The van der Waals surface area contributed by atoms with Crippen LogP contribution >= 0.6 is 7.82 Å². The molecular weight excluding hydrogens is 460 g/mol. The summed E-state index contributed by atoms with van der Waals surface area (Å²) >= 11 is -6.31. The predicted octanol–water partition coefficient (Wildman–Crippen LogP) is -3.81. The Balaban J connectivity index is 1.76. The van der Waals surface area contributed by atoms with E-state index in [2.05, 4.69) is 23.1 Å². The molecule has 0 amide bonds. The third-order valence-electron chi connectivity index (χ3n) is 3.58. The summed E-state index contributed by atoms with van der Waals surface area (Å²) in [7, 11) is -5.49. The number of hydrogen-bond donors (Lipinski definition) is 3. The van der Waals surface area contributed by atoms with Gasteiger partial charge < -0.3 is 0 Å². The fourth-order valence-electron chi connectivity index (χ4n) is 2.45. The molecule has 3 rings (SSSR count). The van der Waals surface area contributed by atoms with Crippen molar-refractivity contribution in [1.29, 1.82) is 0 Å². The molecule has 1 aliphatic rings. The van der Waals surface area contributed by atoms with Crippen LogP contribution in [-0.4, -0.2) is 68.0 Å². The van der Waals surface area contributed by atoms with Gasteiger partial charge in [0.2, 0.25) is 0 Å². The van der Waals surface area contributed by atoms with Gasteiger partial charge in [-0.1, -0.05) is 0 Å². The standard InChI is InChI=1S/C10H14N5O10PSe/c11-8-5-9(13-2-12-8)15(3-14-5)10-7(17)6(16)4(24-10)1-23-26(18,19)25-27(20,21)22/h2-4,6-7,10,16-17H,1H2,(H,18,19)(H2,11,12,13)(H,20,21,22)/p-2/t4-,6-,7-,10-/m1/s1. The topological polar surface area (TPSA) is 235 Å². The first kappa shape index (κ1) is 20.2. The molecule has 1 unspecified atom stereocenters. The van der Waals surface area contributed by atoms with Crippen LogP contribution in [0.2, 0.25) is 0 Å². The fraction of sp³-hybridized carbons (Fsp3) is 0.500. The van der Waals surface area contributed by atoms with Gasteiger partial charge in [0.25, 0.3) is 0 Å². The zero-order valence-electron chi connectivity index (χ0n) is 13.1. The van der Waals surface area contributed by atoms with Gasteiger partial charge in [0.15, 0.2) is 0 Å². The number of ether oxygens (including phenoxy) is 1. The van der Waals surface area contributed by atoms with Crippen LogP contribution in [0.25, 0.3) is 11.2 Å². The summed E-state index contributed by atoms with van der Waals surface area (Å²) in [5, 5.41) is 20.2. The number of aromatic nitrogens is 4. The van der Waals surface area contributed by atoms with Gasteiger partial charge >= 0.3 is 152 Å². The van der Waals surface area contributed by atoms with E-state index < -0.39 is 52.3 Å². The zero-order valence-corrected chi connectivity index (χ0v) is 15.7. The van der Waals surface area contributed by atoms with Crippen molar-refractivity contribution in [3.63, 3.8) is 0 Å². The predicted molar refractivity (Wildman–Crippen MR) is 77.4 cm³/mol. The fourth-order valence-corrected chi connectivity index (χ4v) is 4.73. The molecule has 0 spiro atoms. The van der Waals surface area contributed by atoms with E-state index in [-0.39, 0.29) is 17.0 Å². The van der Waals surface area contributed by atoms with Crippen LogP contribution in [0.15, 0.2) is 12.7 Å². The Bertz CT molecular complexity index is 997. The van der Waals surface area contributed by atoms with Crippen LogP contribution in [0.3, 0.4) is 0 Å². The molecule has 2 aromatic heterocycles. The number of aliphatic hydroxyl groups excluding tert-OH is 2. The average Bonchev–Trinajstić information content (AvgIpc) is 3.07. The second-order valence-corrected chi connectivity index (χ2v) is 9.31. The van der Waals surface area contributed by atoms with Gasteiger partial charge in [-0.3, -0.25) is 0 Å². The van der Waals surface area contributed by atoms with Crippen LogP contribution < -0.4 is 14.8 Å². The Labute approximate surface area is 152 Å².